The maximum atomic E-state index is 12.7. The van der Waals surface area contributed by atoms with E-state index < -0.39 is 11.2 Å². The Morgan fingerprint density at radius 2 is 1.73 bits per heavy atom. The Kier molecular flexibility index (Phi) is 8.65. The fourth-order valence-electron chi connectivity index (χ4n) is 3.45. The summed E-state index contributed by atoms with van der Waals surface area (Å²) in [5.74, 6) is 0.151. The Morgan fingerprint density at radius 1 is 1.10 bits per heavy atom. The number of aryl methyl sites for hydroxylation is 2. The van der Waals surface area contributed by atoms with Gasteiger partial charge in [0.15, 0.2) is 10.8 Å². The van der Waals surface area contributed by atoms with Gasteiger partial charge in [-0.15, -0.1) is 0 Å². The van der Waals surface area contributed by atoms with Crippen LogP contribution in [-0.4, -0.2) is 21.2 Å². The Bertz CT molecular complexity index is 976. The lowest BCUT2D eigenvalue weighted by Gasteiger charge is -2.27. The predicted molar refractivity (Wildman–Crippen MR) is 130 cm³/mol. The molecule has 0 atom stereocenters. The highest BCUT2D eigenvalue weighted by Gasteiger charge is 2.22. The maximum Gasteiger partial charge on any atom is 0.330 e. The number of nitrogens with two attached hydrogens (primary N) is 1. The molecule has 7 nitrogen and oxygen atoms in total. The van der Waals surface area contributed by atoms with E-state index in [0.29, 0.717) is 18.2 Å². The zero-order valence-electron chi connectivity index (χ0n) is 18.4. The summed E-state index contributed by atoms with van der Waals surface area (Å²) in [5, 5.41) is 3.63. The molecule has 0 aliphatic rings. The number of hydrogen-bond acceptors (Lipinski definition) is 4. The Labute approximate surface area is 183 Å². The fourth-order valence-corrected chi connectivity index (χ4v) is 3.75. The number of nitrogens with zero attached hydrogens (tertiary/aromatic N) is 2. The van der Waals surface area contributed by atoms with E-state index in [1.807, 2.05) is 32.9 Å². The number of benzene rings is 1. The Balaban J connectivity index is 2.46. The zero-order chi connectivity index (χ0) is 22.3. The first-order valence-electron chi connectivity index (χ1n) is 10.6. The fraction of sp³-hybridized carbons (Fsp3) is 0.500. The summed E-state index contributed by atoms with van der Waals surface area (Å²) in [6.07, 6.45) is 4.57. The minimum atomic E-state index is -0.522. The number of hydrogen-bond donors (Lipinski definition) is 3. The van der Waals surface area contributed by atoms with Crippen LogP contribution >= 0.6 is 12.2 Å². The first-order chi connectivity index (χ1) is 14.3. The number of aromatic amines is 1. The molecule has 0 spiro atoms. The molecule has 2 aromatic rings. The number of nitrogens with one attached hydrogen (secondary N) is 2. The lowest BCUT2D eigenvalue weighted by Crippen LogP contribution is -2.43. The lowest BCUT2D eigenvalue weighted by atomic mass is 10.1. The average molecular weight is 432 g/mol. The molecule has 8 heteroatoms. The van der Waals surface area contributed by atoms with Gasteiger partial charge >= 0.3 is 5.69 Å². The third-order valence-electron chi connectivity index (χ3n) is 4.92. The van der Waals surface area contributed by atoms with E-state index in [4.69, 9.17) is 18.0 Å². The Morgan fingerprint density at radius 3 is 2.33 bits per heavy atom. The standard InChI is InChI=1S/C22H33N5O2S/c1-5-7-9-11-26(22(30)24-17-13-15(3)12-16(4)14-17)18-19(23)27(10-8-6-2)21(29)25-20(18)28/h12-14H,5-11,23H2,1-4H3,(H,24,30)(H,25,28,29). The number of aromatic nitrogens is 2. The topological polar surface area (TPSA) is 96.2 Å². The quantitative estimate of drug-likeness (QED) is 0.411. The molecule has 1 heterocycles. The van der Waals surface area contributed by atoms with Crippen molar-refractivity contribution in [3.63, 3.8) is 0 Å². The van der Waals surface area contributed by atoms with Crippen LogP contribution in [0.3, 0.4) is 0 Å². The molecule has 0 saturated heterocycles. The van der Waals surface area contributed by atoms with E-state index in [1.54, 1.807) is 4.90 Å². The molecule has 1 aromatic heterocycles. The number of thiocarbonyl (C=S) groups is 1. The van der Waals surface area contributed by atoms with Crippen molar-refractivity contribution in [2.75, 3.05) is 22.5 Å². The van der Waals surface area contributed by atoms with Gasteiger partial charge in [0.25, 0.3) is 5.56 Å². The van der Waals surface area contributed by atoms with E-state index in [-0.39, 0.29) is 11.5 Å². The van der Waals surface area contributed by atoms with Crippen LogP contribution in [0.2, 0.25) is 0 Å². The molecule has 2 rings (SSSR count). The van der Waals surface area contributed by atoms with Crippen LogP contribution in [0.25, 0.3) is 0 Å². The number of H-pyrrole nitrogens is 1. The third kappa shape index (κ3) is 5.95. The monoisotopic (exact) mass is 431 g/mol. The molecule has 30 heavy (non-hydrogen) atoms. The van der Waals surface area contributed by atoms with Crippen molar-refractivity contribution in [1.82, 2.24) is 9.55 Å². The van der Waals surface area contributed by atoms with Crippen molar-refractivity contribution in [3.05, 3.63) is 50.2 Å². The van der Waals surface area contributed by atoms with E-state index in [1.165, 1.54) is 4.57 Å². The number of anilines is 3. The smallest absolute Gasteiger partial charge is 0.330 e. The molecule has 0 bridgehead atoms. The average Bonchev–Trinajstić information content (AvgIpc) is 2.65. The van der Waals surface area contributed by atoms with Crippen LogP contribution in [0.15, 0.2) is 27.8 Å². The van der Waals surface area contributed by atoms with Crippen LogP contribution in [0.1, 0.15) is 57.1 Å². The van der Waals surface area contributed by atoms with Gasteiger partial charge in [0.1, 0.15) is 5.82 Å². The first kappa shape index (κ1) is 23.7. The van der Waals surface area contributed by atoms with Crippen molar-refractivity contribution < 1.29 is 0 Å². The second-order valence-electron chi connectivity index (χ2n) is 7.66. The Hall–Kier alpha value is -2.61. The van der Waals surface area contributed by atoms with Gasteiger partial charge in [-0.2, -0.15) is 0 Å². The molecule has 0 fully saturated rings. The number of nitrogen functional groups attached to an aromatic ring is 1. The molecular formula is C22H33N5O2S. The molecule has 0 radical (unpaired) electrons. The second-order valence-corrected chi connectivity index (χ2v) is 8.05. The highest BCUT2D eigenvalue weighted by atomic mass is 32.1. The summed E-state index contributed by atoms with van der Waals surface area (Å²) in [6.45, 7) is 9.17. The van der Waals surface area contributed by atoms with Gasteiger partial charge in [-0.25, -0.2) is 4.79 Å². The molecule has 0 aliphatic carbocycles. The number of rotatable bonds is 9. The molecule has 1 aromatic carbocycles. The molecule has 164 valence electrons. The summed E-state index contributed by atoms with van der Waals surface area (Å²) >= 11 is 5.68. The van der Waals surface area contributed by atoms with Crippen molar-refractivity contribution in [1.29, 1.82) is 0 Å². The normalized spacial score (nSPS) is 10.8. The van der Waals surface area contributed by atoms with Gasteiger partial charge in [-0.3, -0.25) is 14.3 Å². The van der Waals surface area contributed by atoms with Gasteiger partial charge in [0.2, 0.25) is 0 Å². The van der Waals surface area contributed by atoms with Crippen molar-refractivity contribution in [2.24, 2.45) is 0 Å². The lowest BCUT2D eigenvalue weighted by molar-refractivity contribution is 0.604. The van der Waals surface area contributed by atoms with E-state index in [0.717, 1.165) is 48.9 Å². The molecule has 0 amide bonds. The van der Waals surface area contributed by atoms with Crippen LogP contribution in [0.4, 0.5) is 17.2 Å². The van der Waals surface area contributed by atoms with Crippen molar-refractivity contribution in [3.8, 4) is 0 Å². The third-order valence-corrected chi connectivity index (χ3v) is 5.25. The highest BCUT2D eigenvalue weighted by Crippen LogP contribution is 2.21. The van der Waals surface area contributed by atoms with Crippen LogP contribution in [0.5, 0.6) is 0 Å². The second kappa shape index (κ2) is 11.0. The van der Waals surface area contributed by atoms with Gasteiger partial charge < -0.3 is 16.0 Å². The number of unbranched alkanes of at least 4 members (excludes halogenated alkanes) is 3. The zero-order valence-corrected chi connectivity index (χ0v) is 19.2. The van der Waals surface area contributed by atoms with Crippen LogP contribution in [0, 0.1) is 13.8 Å². The van der Waals surface area contributed by atoms with Crippen LogP contribution < -0.4 is 27.2 Å². The summed E-state index contributed by atoms with van der Waals surface area (Å²) in [4.78, 5) is 29.2. The predicted octanol–water partition coefficient (Wildman–Crippen LogP) is 3.93. The minimum absolute atomic E-state index is 0.151. The molecule has 0 saturated carbocycles. The van der Waals surface area contributed by atoms with E-state index in [9.17, 15) is 9.59 Å². The first-order valence-corrected chi connectivity index (χ1v) is 11.0. The summed E-state index contributed by atoms with van der Waals surface area (Å²) < 4.78 is 1.42. The van der Waals surface area contributed by atoms with Gasteiger partial charge in [0, 0.05) is 18.8 Å². The largest absolute Gasteiger partial charge is 0.383 e. The molecular weight excluding hydrogens is 398 g/mol. The van der Waals surface area contributed by atoms with Gasteiger partial charge in [-0.05, 0) is 62.2 Å². The summed E-state index contributed by atoms with van der Waals surface area (Å²) in [7, 11) is 0. The van der Waals surface area contributed by atoms with Crippen molar-refractivity contribution >= 4 is 34.5 Å². The van der Waals surface area contributed by atoms with E-state index >= 15 is 0 Å². The molecule has 4 N–H and O–H groups in total. The summed E-state index contributed by atoms with van der Waals surface area (Å²) in [5.41, 5.74) is 8.62. The van der Waals surface area contributed by atoms with Crippen molar-refractivity contribution in [2.45, 2.75) is 66.3 Å². The molecule has 0 unspecified atom stereocenters. The summed E-state index contributed by atoms with van der Waals surface area (Å²) in [6, 6.07) is 6.08. The van der Waals surface area contributed by atoms with E-state index in [2.05, 4.69) is 23.3 Å². The molecule has 0 aliphatic heterocycles. The van der Waals surface area contributed by atoms with Gasteiger partial charge in [0.05, 0.1) is 0 Å². The van der Waals surface area contributed by atoms with Gasteiger partial charge in [-0.1, -0.05) is 39.2 Å². The highest BCUT2D eigenvalue weighted by molar-refractivity contribution is 7.80. The minimum Gasteiger partial charge on any atom is -0.383 e. The SMILES string of the molecule is CCCCCN(C(=S)Nc1cc(C)cc(C)c1)c1c(N)n(CCCC)c(=O)[nH]c1=O. The maximum absolute atomic E-state index is 12.7. The van der Waals surface area contributed by atoms with Crippen LogP contribution in [-0.2, 0) is 6.54 Å².